The van der Waals surface area contributed by atoms with Crippen LogP contribution in [0, 0.1) is 0 Å². The number of sulfonamides is 1. The van der Waals surface area contributed by atoms with E-state index in [0.29, 0.717) is 29.4 Å². The quantitative estimate of drug-likeness (QED) is 0.889. The predicted molar refractivity (Wildman–Crippen MR) is 90.6 cm³/mol. The van der Waals surface area contributed by atoms with Gasteiger partial charge >= 0.3 is 0 Å². The maximum Gasteiger partial charge on any atom is 0.265 e. The first-order valence-electron chi connectivity index (χ1n) is 7.06. The summed E-state index contributed by atoms with van der Waals surface area (Å²) in [6.45, 7) is 0.658. The third-order valence-corrected chi connectivity index (χ3v) is 5.56. The van der Waals surface area contributed by atoms with E-state index >= 15 is 0 Å². The molecule has 1 amide bonds. The molecule has 0 saturated heterocycles. The SMILES string of the molecule is O=C(Nc1ccc(S(=O)(=O)NC2=NCCC2)cc1)c1cccs1. The Kier molecular flexibility index (Phi) is 4.44. The first-order valence-corrected chi connectivity index (χ1v) is 9.42. The van der Waals surface area contributed by atoms with Gasteiger partial charge in [0.05, 0.1) is 9.77 Å². The number of nitrogens with zero attached hydrogens (tertiary/aromatic N) is 1. The van der Waals surface area contributed by atoms with Crippen molar-refractivity contribution in [2.24, 2.45) is 4.99 Å². The van der Waals surface area contributed by atoms with Crippen molar-refractivity contribution < 1.29 is 13.2 Å². The molecule has 2 aromatic rings. The highest BCUT2D eigenvalue weighted by Gasteiger charge is 2.18. The molecule has 0 fully saturated rings. The van der Waals surface area contributed by atoms with Gasteiger partial charge in [-0.15, -0.1) is 11.3 Å². The highest BCUT2D eigenvalue weighted by molar-refractivity contribution is 7.90. The molecule has 0 aliphatic carbocycles. The number of nitrogens with one attached hydrogen (secondary N) is 2. The summed E-state index contributed by atoms with van der Waals surface area (Å²) < 4.78 is 27.0. The van der Waals surface area contributed by atoms with Gasteiger partial charge in [-0.25, -0.2) is 8.42 Å². The lowest BCUT2D eigenvalue weighted by Gasteiger charge is -2.09. The Morgan fingerprint density at radius 2 is 1.96 bits per heavy atom. The van der Waals surface area contributed by atoms with E-state index in [1.165, 1.54) is 23.5 Å². The van der Waals surface area contributed by atoms with Crippen molar-refractivity contribution in [3.05, 3.63) is 46.7 Å². The molecule has 6 nitrogen and oxygen atoms in total. The zero-order valence-corrected chi connectivity index (χ0v) is 13.8. The zero-order chi connectivity index (χ0) is 16.3. The number of hydrogen-bond acceptors (Lipinski definition) is 5. The summed E-state index contributed by atoms with van der Waals surface area (Å²) >= 11 is 1.34. The third kappa shape index (κ3) is 3.77. The fourth-order valence-electron chi connectivity index (χ4n) is 2.15. The normalized spacial score (nSPS) is 14.3. The van der Waals surface area contributed by atoms with Gasteiger partial charge in [-0.3, -0.25) is 14.5 Å². The van der Waals surface area contributed by atoms with E-state index in [0.717, 1.165) is 6.42 Å². The summed E-state index contributed by atoms with van der Waals surface area (Å²) in [6, 6.07) is 9.58. The standard InChI is InChI=1S/C15H15N3O3S2/c19-15(13-3-2-10-22-13)17-11-5-7-12(8-6-11)23(20,21)18-14-4-1-9-16-14/h2-3,5-8,10H,1,4,9H2,(H,16,18)(H,17,19). The average molecular weight is 349 g/mol. The molecule has 0 unspecified atom stereocenters. The van der Waals surface area contributed by atoms with Crippen molar-refractivity contribution in [2.75, 3.05) is 11.9 Å². The zero-order valence-electron chi connectivity index (χ0n) is 12.2. The van der Waals surface area contributed by atoms with Crippen LogP contribution in [-0.4, -0.2) is 26.7 Å². The summed E-state index contributed by atoms with van der Waals surface area (Å²) in [4.78, 5) is 16.8. The van der Waals surface area contributed by atoms with Crippen molar-refractivity contribution in [3.8, 4) is 0 Å². The van der Waals surface area contributed by atoms with Gasteiger partial charge in [-0.2, -0.15) is 0 Å². The molecule has 1 aromatic carbocycles. The number of amides is 1. The lowest BCUT2D eigenvalue weighted by atomic mass is 10.3. The molecule has 1 aliphatic rings. The summed E-state index contributed by atoms with van der Waals surface area (Å²) in [5.41, 5.74) is 0.542. The van der Waals surface area contributed by atoms with Gasteiger partial charge in [-0.1, -0.05) is 6.07 Å². The molecule has 3 rings (SSSR count). The lowest BCUT2D eigenvalue weighted by Crippen LogP contribution is -2.29. The first-order chi connectivity index (χ1) is 11.0. The predicted octanol–water partition coefficient (Wildman–Crippen LogP) is 2.47. The second kappa shape index (κ2) is 6.51. The minimum Gasteiger partial charge on any atom is -0.321 e. The van der Waals surface area contributed by atoms with Gasteiger partial charge < -0.3 is 5.32 Å². The molecule has 1 aliphatic heterocycles. The van der Waals surface area contributed by atoms with Crippen LogP contribution >= 0.6 is 11.3 Å². The number of carbonyl (C=O) groups is 1. The van der Waals surface area contributed by atoms with E-state index in [-0.39, 0.29) is 10.8 Å². The Balaban J connectivity index is 1.70. The van der Waals surface area contributed by atoms with Crippen LogP contribution in [0.15, 0.2) is 51.7 Å². The number of hydrogen-bond donors (Lipinski definition) is 2. The van der Waals surface area contributed by atoms with E-state index in [1.807, 2.05) is 5.38 Å². The van der Waals surface area contributed by atoms with Crippen LogP contribution in [0.4, 0.5) is 5.69 Å². The Morgan fingerprint density at radius 1 is 1.17 bits per heavy atom. The summed E-state index contributed by atoms with van der Waals surface area (Å²) in [6.07, 6.45) is 1.51. The van der Waals surface area contributed by atoms with Crippen molar-refractivity contribution in [1.29, 1.82) is 0 Å². The second-order valence-electron chi connectivity index (χ2n) is 4.99. The van der Waals surface area contributed by atoms with Crippen molar-refractivity contribution in [3.63, 3.8) is 0 Å². The van der Waals surface area contributed by atoms with Gasteiger partial charge in [0.15, 0.2) is 0 Å². The van der Waals surface area contributed by atoms with Crippen molar-refractivity contribution >= 4 is 38.8 Å². The van der Waals surface area contributed by atoms with E-state index in [1.54, 1.807) is 24.3 Å². The van der Waals surface area contributed by atoms with Crippen LogP contribution in [0.3, 0.4) is 0 Å². The highest BCUT2D eigenvalue weighted by Crippen LogP contribution is 2.17. The molecule has 1 aromatic heterocycles. The number of rotatable bonds is 4. The Morgan fingerprint density at radius 3 is 2.57 bits per heavy atom. The van der Waals surface area contributed by atoms with E-state index in [2.05, 4.69) is 15.0 Å². The molecule has 23 heavy (non-hydrogen) atoms. The van der Waals surface area contributed by atoms with E-state index in [9.17, 15) is 13.2 Å². The fraction of sp³-hybridized carbons (Fsp3) is 0.200. The van der Waals surface area contributed by atoms with Crippen LogP contribution in [0.1, 0.15) is 22.5 Å². The molecule has 0 bridgehead atoms. The number of anilines is 1. The maximum absolute atomic E-state index is 12.2. The Bertz CT molecular complexity index is 825. The number of amidine groups is 1. The summed E-state index contributed by atoms with van der Waals surface area (Å²) in [7, 11) is -3.62. The molecule has 2 N–H and O–H groups in total. The summed E-state index contributed by atoms with van der Waals surface area (Å²) in [5.74, 6) is 0.286. The molecule has 0 atom stereocenters. The molecule has 0 saturated carbocycles. The minimum atomic E-state index is -3.62. The molecular weight excluding hydrogens is 334 g/mol. The van der Waals surface area contributed by atoms with Gasteiger partial charge in [0.1, 0.15) is 5.84 Å². The maximum atomic E-state index is 12.2. The van der Waals surface area contributed by atoms with Gasteiger partial charge in [-0.05, 0) is 42.1 Å². The number of thiophene rings is 1. The second-order valence-corrected chi connectivity index (χ2v) is 7.62. The molecule has 2 heterocycles. The van der Waals surface area contributed by atoms with Crippen LogP contribution in [0.5, 0.6) is 0 Å². The van der Waals surface area contributed by atoms with Gasteiger partial charge in [0.2, 0.25) is 0 Å². The largest absolute Gasteiger partial charge is 0.321 e. The van der Waals surface area contributed by atoms with Crippen LogP contribution in [0.2, 0.25) is 0 Å². The minimum absolute atomic E-state index is 0.140. The summed E-state index contributed by atoms with van der Waals surface area (Å²) in [5, 5.41) is 4.55. The van der Waals surface area contributed by atoms with Gasteiger partial charge in [0, 0.05) is 18.7 Å². The van der Waals surface area contributed by atoms with Crippen LogP contribution < -0.4 is 10.0 Å². The van der Waals surface area contributed by atoms with Crippen LogP contribution in [0.25, 0.3) is 0 Å². The molecule has 8 heteroatoms. The molecule has 0 radical (unpaired) electrons. The van der Waals surface area contributed by atoms with Gasteiger partial charge in [0.25, 0.3) is 15.9 Å². The molecular formula is C15H15N3O3S2. The van der Waals surface area contributed by atoms with E-state index in [4.69, 9.17) is 0 Å². The van der Waals surface area contributed by atoms with Crippen molar-refractivity contribution in [2.45, 2.75) is 17.7 Å². The van der Waals surface area contributed by atoms with E-state index < -0.39 is 10.0 Å². The lowest BCUT2D eigenvalue weighted by molar-refractivity contribution is 0.103. The number of aliphatic imine (C=N–C) groups is 1. The highest BCUT2D eigenvalue weighted by atomic mass is 32.2. The fourth-order valence-corrected chi connectivity index (χ4v) is 3.86. The molecule has 0 spiro atoms. The topological polar surface area (TPSA) is 87.6 Å². The van der Waals surface area contributed by atoms with Crippen LogP contribution in [-0.2, 0) is 10.0 Å². The number of benzene rings is 1. The monoisotopic (exact) mass is 349 g/mol. The smallest absolute Gasteiger partial charge is 0.265 e. The Labute approximate surface area is 138 Å². The molecule has 120 valence electrons. The first kappa shape index (κ1) is 15.7. The van der Waals surface area contributed by atoms with Crippen molar-refractivity contribution in [1.82, 2.24) is 4.72 Å². The average Bonchev–Trinajstić information content (AvgIpc) is 3.20. The Hall–Kier alpha value is -2.19. The third-order valence-electron chi connectivity index (χ3n) is 3.29. The number of carbonyl (C=O) groups excluding carboxylic acids is 1.